The fraction of sp³-hybridized carbons (Fsp3) is 0.600. The molecule has 0 spiro atoms. The van der Waals surface area contributed by atoms with Gasteiger partial charge in [-0.1, -0.05) is 26.0 Å². The molecule has 1 aromatic rings. The average molecular weight is 255 g/mol. The molecule has 17 heavy (non-hydrogen) atoms. The van der Waals surface area contributed by atoms with Gasteiger partial charge in [0.15, 0.2) is 0 Å². The number of rotatable bonds is 5. The summed E-state index contributed by atoms with van der Waals surface area (Å²) in [6.07, 6.45) is 1.17. The van der Waals surface area contributed by atoms with Gasteiger partial charge >= 0.3 is 0 Å². The van der Waals surface area contributed by atoms with E-state index in [2.05, 4.69) is 26.0 Å². The van der Waals surface area contributed by atoms with Crippen LogP contribution in [0.3, 0.4) is 0 Å². The first-order valence-electron chi connectivity index (χ1n) is 6.22. The van der Waals surface area contributed by atoms with Crippen molar-refractivity contribution in [2.24, 2.45) is 0 Å². The van der Waals surface area contributed by atoms with E-state index in [-0.39, 0.29) is 16.9 Å². The molecule has 0 N–H and O–H groups in total. The predicted molar refractivity (Wildman–Crippen MR) is 75.2 cm³/mol. The molecular formula is C15H23ClO. The van der Waals surface area contributed by atoms with E-state index in [1.807, 2.05) is 32.9 Å². The van der Waals surface area contributed by atoms with Crippen LogP contribution in [0.4, 0.5) is 0 Å². The molecule has 0 radical (unpaired) electrons. The summed E-state index contributed by atoms with van der Waals surface area (Å²) in [5.41, 5.74) is 1.36. The highest BCUT2D eigenvalue weighted by atomic mass is 35.5. The highest BCUT2D eigenvalue weighted by Crippen LogP contribution is 2.32. The Bertz CT molecular complexity index is 356. The van der Waals surface area contributed by atoms with Crippen molar-refractivity contribution < 1.29 is 4.74 Å². The van der Waals surface area contributed by atoms with Gasteiger partial charge in [0.2, 0.25) is 0 Å². The number of hydrogen-bond acceptors (Lipinski definition) is 1. The SMILES string of the molecule is CC(Cl)CC(C)(C)c1cccc(OC(C)C)c1. The normalized spacial score (nSPS) is 13.8. The average Bonchev–Trinajstić information content (AvgIpc) is 2.15. The van der Waals surface area contributed by atoms with Crippen molar-refractivity contribution in [3.05, 3.63) is 29.8 Å². The van der Waals surface area contributed by atoms with E-state index in [0.717, 1.165) is 12.2 Å². The van der Waals surface area contributed by atoms with E-state index in [0.29, 0.717) is 0 Å². The van der Waals surface area contributed by atoms with Crippen molar-refractivity contribution in [3.8, 4) is 5.75 Å². The topological polar surface area (TPSA) is 9.23 Å². The number of benzene rings is 1. The van der Waals surface area contributed by atoms with Crippen molar-refractivity contribution in [3.63, 3.8) is 0 Å². The van der Waals surface area contributed by atoms with Crippen LogP contribution in [-0.4, -0.2) is 11.5 Å². The third-order valence-electron chi connectivity index (χ3n) is 2.78. The zero-order valence-corrected chi connectivity index (χ0v) is 12.2. The van der Waals surface area contributed by atoms with Gasteiger partial charge < -0.3 is 4.74 Å². The van der Waals surface area contributed by atoms with E-state index >= 15 is 0 Å². The lowest BCUT2D eigenvalue weighted by Gasteiger charge is -2.27. The third-order valence-corrected chi connectivity index (χ3v) is 2.93. The Balaban J connectivity index is 2.90. The van der Waals surface area contributed by atoms with E-state index in [1.165, 1.54) is 5.56 Å². The molecule has 1 aromatic carbocycles. The van der Waals surface area contributed by atoms with Gasteiger partial charge in [0, 0.05) is 5.38 Å². The molecule has 2 heteroatoms. The van der Waals surface area contributed by atoms with Gasteiger partial charge in [-0.15, -0.1) is 11.6 Å². The largest absolute Gasteiger partial charge is 0.491 e. The summed E-state index contributed by atoms with van der Waals surface area (Å²) in [4.78, 5) is 0. The highest BCUT2D eigenvalue weighted by molar-refractivity contribution is 6.20. The Morgan fingerprint density at radius 3 is 2.41 bits per heavy atom. The molecule has 1 rings (SSSR count). The molecule has 0 bridgehead atoms. The van der Waals surface area contributed by atoms with Crippen molar-refractivity contribution in [1.82, 2.24) is 0 Å². The van der Waals surface area contributed by atoms with Crippen LogP contribution in [0.25, 0.3) is 0 Å². The van der Waals surface area contributed by atoms with Gasteiger partial charge in [0.25, 0.3) is 0 Å². The van der Waals surface area contributed by atoms with Gasteiger partial charge in [-0.25, -0.2) is 0 Å². The molecule has 0 saturated carbocycles. The molecule has 0 aliphatic rings. The van der Waals surface area contributed by atoms with Crippen molar-refractivity contribution in [2.45, 2.75) is 57.9 Å². The highest BCUT2D eigenvalue weighted by Gasteiger charge is 2.23. The Morgan fingerprint density at radius 2 is 1.88 bits per heavy atom. The van der Waals surface area contributed by atoms with Crippen molar-refractivity contribution in [2.75, 3.05) is 0 Å². The fourth-order valence-electron chi connectivity index (χ4n) is 2.08. The summed E-state index contributed by atoms with van der Waals surface area (Å²) in [7, 11) is 0. The maximum atomic E-state index is 6.11. The predicted octanol–water partition coefficient (Wildman–Crippen LogP) is 4.77. The van der Waals surface area contributed by atoms with E-state index in [9.17, 15) is 0 Å². The molecule has 0 heterocycles. The lowest BCUT2D eigenvalue weighted by Crippen LogP contribution is -2.21. The standard InChI is InChI=1S/C15H23ClO/c1-11(2)17-14-8-6-7-13(9-14)15(4,5)10-12(3)16/h6-9,11-12H,10H2,1-5H3. The minimum absolute atomic E-state index is 0.0809. The molecule has 1 atom stereocenters. The zero-order valence-electron chi connectivity index (χ0n) is 11.5. The summed E-state index contributed by atoms with van der Waals surface area (Å²) < 4.78 is 5.72. The van der Waals surface area contributed by atoms with Gasteiger partial charge in [-0.2, -0.15) is 0 Å². The molecule has 0 aliphatic heterocycles. The minimum atomic E-state index is 0.0809. The van der Waals surface area contributed by atoms with Crippen LogP contribution in [0.5, 0.6) is 5.75 Å². The van der Waals surface area contributed by atoms with Crippen LogP contribution >= 0.6 is 11.6 Å². The van der Waals surface area contributed by atoms with E-state index in [4.69, 9.17) is 16.3 Å². The molecule has 1 unspecified atom stereocenters. The minimum Gasteiger partial charge on any atom is -0.491 e. The lowest BCUT2D eigenvalue weighted by atomic mass is 9.80. The smallest absolute Gasteiger partial charge is 0.119 e. The Kier molecular flexibility index (Phi) is 4.88. The molecular weight excluding hydrogens is 232 g/mol. The van der Waals surface area contributed by atoms with E-state index in [1.54, 1.807) is 0 Å². The van der Waals surface area contributed by atoms with Crippen LogP contribution in [0.2, 0.25) is 0 Å². The summed E-state index contributed by atoms with van der Waals surface area (Å²) >= 11 is 6.11. The van der Waals surface area contributed by atoms with E-state index < -0.39 is 0 Å². The molecule has 0 aliphatic carbocycles. The molecule has 96 valence electrons. The lowest BCUT2D eigenvalue weighted by molar-refractivity contribution is 0.241. The first-order chi connectivity index (χ1) is 7.81. The number of halogens is 1. The number of alkyl halides is 1. The molecule has 1 nitrogen and oxygen atoms in total. The summed E-state index contributed by atoms with van der Waals surface area (Å²) in [5, 5.41) is 0.180. The Morgan fingerprint density at radius 1 is 1.24 bits per heavy atom. The first kappa shape index (κ1) is 14.4. The third kappa shape index (κ3) is 4.59. The second-order valence-electron chi connectivity index (χ2n) is 5.56. The van der Waals surface area contributed by atoms with Gasteiger partial charge in [-0.3, -0.25) is 0 Å². The molecule has 0 amide bonds. The maximum Gasteiger partial charge on any atom is 0.119 e. The van der Waals surface area contributed by atoms with Gasteiger partial charge in [0.1, 0.15) is 5.75 Å². The van der Waals surface area contributed by atoms with Crippen molar-refractivity contribution >= 4 is 11.6 Å². The Labute approximate surface area is 110 Å². The van der Waals surface area contributed by atoms with Crippen LogP contribution in [0, 0.1) is 0 Å². The van der Waals surface area contributed by atoms with Gasteiger partial charge in [0.05, 0.1) is 6.10 Å². The molecule has 0 aromatic heterocycles. The van der Waals surface area contributed by atoms with Gasteiger partial charge in [-0.05, 0) is 50.3 Å². The summed E-state index contributed by atoms with van der Waals surface area (Å²) in [6, 6.07) is 8.32. The first-order valence-corrected chi connectivity index (χ1v) is 6.66. The molecule has 0 fully saturated rings. The summed E-state index contributed by atoms with van der Waals surface area (Å²) in [6.45, 7) is 10.6. The second-order valence-corrected chi connectivity index (χ2v) is 6.31. The molecule has 0 saturated heterocycles. The number of ether oxygens (including phenoxy) is 1. The van der Waals surface area contributed by atoms with Crippen molar-refractivity contribution in [1.29, 1.82) is 0 Å². The number of hydrogen-bond donors (Lipinski definition) is 0. The zero-order chi connectivity index (χ0) is 13.1. The van der Waals surface area contributed by atoms with Crippen LogP contribution in [-0.2, 0) is 5.41 Å². The summed E-state index contributed by atoms with van der Waals surface area (Å²) in [5.74, 6) is 0.938. The van der Waals surface area contributed by atoms with Crippen LogP contribution < -0.4 is 4.74 Å². The fourth-order valence-corrected chi connectivity index (χ4v) is 2.47. The monoisotopic (exact) mass is 254 g/mol. The Hall–Kier alpha value is -0.690. The quantitative estimate of drug-likeness (QED) is 0.688. The van der Waals surface area contributed by atoms with Crippen LogP contribution in [0.15, 0.2) is 24.3 Å². The maximum absolute atomic E-state index is 6.11. The second kappa shape index (κ2) is 5.77. The van der Waals surface area contributed by atoms with Crippen LogP contribution in [0.1, 0.15) is 46.6 Å².